The van der Waals surface area contributed by atoms with Gasteiger partial charge in [0.15, 0.2) is 6.10 Å². The number of benzene rings is 3. The summed E-state index contributed by atoms with van der Waals surface area (Å²) >= 11 is 0. The standard InChI is InChI=1S/C23H19N3O4/c1-15(22(28)26-20-9-5-4-8-19(20)13-24)30-21(27)14-25-23(29)18-11-10-16-6-2-3-7-17(16)12-18/h2-12,15H,14H2,1H3,(H,25,29)(H,26,28)/t15-/m1/s1. The normalized spacial score (nSPS) is 11.2. The van der Waals surface area contributed by atoms with E-state index in [1.54, 1.807) is 36.4 Å². The van der Waals surface area contributed by atoms with Crippen LogP contribution in [0.1, 0.15) is 22.8 Å². The lowest BCUT2D eigenvalue weighted by atomic mass is 10.1. The zero-order valence-corrected chi connectivity index (χ0v) is 16.2. The number of para-hydroxylation sites is 1. The van der Waals surface area contributed by atoms with Crippen molar-refractivity contribution in [1.82, 2.24) is 5.32 Å². The van der Waals surface area contributed by atoms with Crippen LogP contribution >= 0.6 is 0 Å². The lowest BCUT2D eigenvalue weighted by Crippen LogP contribution is -2.35. The zero-order valence-electron chi connectivity index (χ0n) is 16.2. The summed E-state index contributed by atoms with van der Waals surface area (Å²) in [5.41, 5.74) is 1.05. The Labute approximate surface area is 173 Å². The van der Waals surface area contributed by atoms with Crippen LogP contribution in [0, 0.1) is 11.3 Å². The predicted molar refractivity (Wildman–Crippen MR) is 112 cm³/mol. The van der Waals surface area contributed by atoms with Crippen LogP contribution in [0.4, 0.5) is 5.69 Å². The van der Waals surface area contributed by atoms with Crippen molar-refractivity contribution in [3.05, 3.63) is 77.9 Å². The van der Waals surface area contributed by atoms with Gasteiger partial charge in [0.1, 0.15) is 12.6 Å². The minimum atomic E-state index is -1.10. The molecule has 0 aromatic heterocycles. The SMILES string of the molecule is C[C@@H](OC(=O)CNC(=O)c1ccc2ccccc2c1)C(=O)Nc1ccccc1C#N. The Morgan fingerprint density at radius 2 is 1.70 bits per heavy atom. The summed E-state index contributed by atoms with van der Waals surface area (Å²) in [6, 6.07) is 21.3. The third-order valence-corrected chi connectivity index (χ3v) is 4.39. The van der Waals surface area contributed by atoms with Gasteiger partial charge < -0.3 is 15.4 Å². The molecule has 7 heteroatoms. The molecule has 0 fully saturated rings. The fraction of sp³-hybridized carbons (Fsp3) is 0.130. The quantitative estimate of drug-likeness (QED) is 0.617. The van der Waals surface area contributed by atoms with Gasteiger partial charge in [-0.25, -0.2) is 0 Å². The molecule has 0 aliphatic carbocycles. The van der Waals surface area contributed by atoms with E-state index in [2.05, 4.69) is 10.6 Å². The molecule has 0 bridgehead atoms. The maximum Gasteiger partial charge on any atom is 0.326 e. The molecule has 0 saturated heterocycles. The van der Waals surface area contributed by atoms with E-state index < -0.39 is 23.9 Å². The number of amides is 2. The van der Waals surface area contributed by atoms with Gasteiger partial charge in [-0.1, -0.05) is 42.5 Å². The number of esters is 1. The molecule has 0 unspecified atom stereocenters. The van der Waals surface area contributed by atoms with E-state index in [0.29, 0.717) is 16.8 Å². The van der Waals surface area contributed by atoms with Crippen molar-refractivity contribution in [2.75, 3.05) is 11.9 Å². The smallest absolute Gasteiger partial charge is 0.326 e. The first-order valence-corrected chi connectivity index (χ1v) is 9.24. The van der Waals surface area contributed by atoms with Crippen molar-refractivity contribution >= 4 is 34.2 Å². The fourth-order valence-electron chi connectivity index (χ4n) is 2.80. The molecule has 0 aliphatic rings. The Balaban J connectivity index is 1.52. The largest absolute Gasteiger partial charge is 0.451 e. The van der Waals surface area contributed by atoms with Crippen LogP contribution in [0.3, 0.4) is 0 Å². The van der Waals surface area contributed by atoms with E-state index in [9.17, 15) is 14.4 Å². The van der Waals surface area contributed by atoms with E-state index in [4.69, 9.17) is 10.00 Å². The number of carbonyl (C=O) groups excluding carboxylic acids is 3. The zero-order chi connectivity index (χ0) is 21.5. The summed E-state index contributed by atoms with van der Waals surface area (Å²) in [5, 5.41) is 16.0. The maximum atomic E-state index is 12.3. The van der Waals surface area contributed by atoms with Crippen molar-refractivity contribution in [1.29, 1.82) is 5.26 Å². The lowest BCUT2D eigenvalue weighted by Gasteiger charge is -2.14. The van der Waals surface area contributed by atoms with Crippen LogP contribution < -0.4 is 10.6 Å². The summed E-state index contributed by atoms with van der Waals surface area (Å²) < 4.78 is 5.07. The molecule has 30 heavy (non-hydrogen) atoms. The van der Waals surface area contributed by atoms with Crippen molar-refractivity contribution < 1.29 is 19.1 Å². The van der Waals surface area contributed by atoms with Gasteiger partial charge in [-0.15, -0.1) is 0 Å². The molecule has 2 N–H and O–H groups in total. The van der Waals surface area contributed by atoms with E-state index in [-0.39, 0.29) is 6.54 Å². The van der Waals surface area contributed by atoms with Crippen LogP contribution in [-0.4, -0.2) is 30.4 Å². The van der Waals surface area contributed by atoms with E-state index in [0.717, 1.165) is 10.8 Å². The van der Waals surface area contributed by atoms with Gasteiger partial charge in [-0.05, 0) is 42.0 Å². The van der Waals surface area contributed by atoms with Crippen molar-refractivity contribution in [3.63, 3.8) is 0 Å². The number of nitrogens with one attached hydrogen (secondary N) is 2. The Bertz CT molecular complexity index is 1150. The number of carbonyl (C=O) groups is 3. The molecule has 3 aromatic rings. The molecule has 0 heterocycles. The Hall–Kier alpha value is -4.18. The molecular weight excluding hydrogens is 382 g/mol. The monoisotopic (exact) mass is 401 g/mol. The average Bonchev–Trinajstić information content (AvgIpc) is 2.77. The molecule has 0 spiro atoms. The van der Waals surface area contributed by atoms with Gasteiger partial charge >= 0.3 is 5.97 Å². The molecule has 0 saturated carbocycles. The Morgan fingerprint density at radius 3 is 2.47 bits per heavy atom. The minimum absolute atomic E-state index is 0.298. The topological polar surface area (TPSA) is 108 Å². The van der Waals surface area contributed by atoms with E-state index in [1.807, 2.05) is 36.4 Å². The number of fused-ring (bicyclic) bond motifs is 1. The first-order valence-electron chi connectivity index (χ1n) is 9.24. The maximum absolute atomic E-state index is 12.3. The number of ether oxygens (including phenoxy) is 1. The second-order valence-electron chi connectivity index (χ2n) is 6.52. The molecule has 2 amide bonds. The van der Waals surface area contributed by atoms with Crippen molar-refractivity contribution in [2.45, 2.75) is 13.0 Å². The average molecular weight is 401 g/mol. The highest BCUT2D eigenvalue weighted by molar-refractivity contribution is 6.00. The summed E-state index contributed by atoms with van der Waals surface area (Å²) in [7, 11) is 0. The van der Waals surface area contributed by atoms with Crippen molar-refractivity contribution in [3.8, 4) is 6.07 Å². The molecule has 0 radical (unpaired) electrons. The van der Waals surface area contributed by atoms with Gasteiger partial charge in [-0.2, -0.15) is 5.26 Å². The summed E-state index contributed by atoms with van der Waals surface area (Å²) in [5.74, 6) is -1.75. The van der Waals surface area contributed by atoms with Crippen LogP contribution in [0.2, 0.25) is 0 Å². The van der Waals surface area contributed by atoms with Crippen molar-refractivity contribution in [2.24, 2.45) is 0 Å². The first-order chi connectivity index (χ1) is 14.5. The summed E-state index contributed by atoms with van der Waals surface area (Å²) in [6.07, 6.45) is -1.10. The van der Waals surface area contributed by atoms with Crippen LogP contribution in [0.25, 0.3) is 10.8 Å². The second kappa shape index (κ2) is 9.34. The molecule has 3 rings (SSSR count). The van der Waals surface area contributed by atoms with Crippen LogP contribution in [0.5, 0.6) is 0 Å². The number of rotatable bonds is 6. The number of nitriles is 1. The number of nitrogens with zero attached hydrogens (tertiary/aromatic N) is 1. The van der Waals surface area contributed by atoms with Crippen LogP contribution in [-0.2, 0) is 14.3 Å². The van der Waals surface area contributed by atoms with E-state index >= 15 is 0 Å². The molecule has 7 nitrogen and oxygen atoms in total. The first kappa shape index (κ1) is 20.6. The molecule has 3 aromatic carbocycles. The highest BCUT2D eigenvalue weighted by Crippen LogP contribution is 2.16. The molecule has 1 atom stereocenters. The Kier molecular flexibility index (Phi) is 6.40. The predicted octanol–water partition coefficient (Wildman–Crippen LogP) is 3.01. The van der Waals surface area contributed by atoms with Crippen LogP contribution in [0.15, 0.2) is 66.7 Å². The molecule has 150 valence electrons. The fourth-order valence-corrected chi connectivity index (χ4v) is 2.80. The third-order valence-electron chi connectivity index (χ3n) is 4.39. The number of anilines is 1. The third kappa shape index (κ3) is 5.00. The van der Waals surface area contributed by atoms with Gasteiger partial charge in [0.05, 0.1) is 11.3 Å². The summed E-state index contributed by atoms with van der Waals surface area (Å²) in [6.45, 7) is 1.03. The summed E-state index contributed by atoms with van der Waals surface area (Å²) in [4.78, 5) is 36.5. The molecule has 0 aliphatic heterocycles. The lowest BCUT2D eigenvalue weighted by molar-refractivity contribution is -0.152. The van der Waals surface area contributed by atoms with Gasteiger partial charge in [0.2, 0.25) is 0 Å². The van der Waals surface area contributed by atoms with Gasteiger partial charge in [-0.3, -0.25) is 14.4 Å². The van der Waals surface area contributed by atoms with Gasteiger partial charge in [0.25, 0.3) is 11.8 Å². The van der Waals surface area contributed by atoms with Gasteiger partial charge in [0, 0.05) is 5.56 Å². The second-order valence-corrected chi connectivity index (χ2v) is 6.52. The number of hydrogen-bond acceptors (Lipinski definition) is 5. The molecular formula is C23H19N3O4. The van der Waals surface area contributed by atoms with E-state index in [1.165, 1.54) is 6.92 Å². The minimum Gasteiger partial charge on any atom is -0.451 e. The Morgan fingerprint density at radius 1 is 1.00 bits per heavy atom. The highest BCUT2D eigenvalue weighted by atomic mass is 16.5. The number of hydrogen-bond donors (Lipinski definition) is 2. The highest BCUT2D eigenvalue weighted by Gasteiger charge is 2.19.